The first kappa shape index (κ1) is 11.6. The standard InChI is InChI=1S/C12H16O3S/c1-9-6-7-11(10-4-2-3-5-10)12(8-9)16(13,14)15/h6-8,10H,2-5H2,1H3,(H,13,14,15). The van der Waals surface area contributed by atoms with E-state index in [1.165, 1.54) is 0 Å². The molecule has 1 fully saturated rings. The highest BCUT2D eigenvalue weighted by molar-refractivity contribution is 7.85. The molecular weight excluding hydrogens is 224 g/mol. The highest BCUT2D eigenvalue weighted by atomic mass is 32.2. The Morgan fingerprint density at radius 2 is 1.88 bits per heavy atom. The van der Waals surface area contributed by atoms with Crippen molar-refractivity contribution in [2.24, 2.45) is 0 Å². The van der Waals surface area contributed by atoms with E-state index in [-0.39, 0.29) is 10.8 Å². The second-order valence-corrected chi connectivity index (χ2v) is 5.89. The summed E-state index contributed by atoms with van der Waals surface area (Å²) >= 11 is 0. The topological polar surface area (TPSA) is 54.4 Å². The molecule has 0 spiro atoms. The molecular formula is C12H16O3S. The van der Waals surface area contributed by atoms with Crippen molar-refractivity contribution in [1.82, 2.24) is 0 Å². The van der Waals surface area contributed by atoms with E-state index in [2.05, 4.69) is 0 Å². The molecule has 2 rings (SSSR count). The third-order valence-electron chi connectivity index (χ3n) is 3.24. The lowest BCUT2D eigenvalue weighted by Gasteiger charge is -2.14. The molecule has 1 aromatic carbocycles. The molecule has 88 valence electrons. The minimum Gasteiger partial charge on any atom is -0.282 e. The maximum Gasteiger partial charge on any atom is 0.294 e. The molecule has 3 nitrogen and oxygen atoms in total. The predicted molar refractivity (Wildman–Crippen MR) is 62.2 cm³/mol. The number of rotatable bonds is 2. The van der Waals surface area contributed by atoms with Gasteiger partial charge in [0, 0.05) is 0 Å². The first-order chi connectivity index (χ1) is 7.48. The average Bonchev–Trinajstić information content (AvgIpc) is 2.69. The molecule has 0 radical (unpaired) electrons. The molecule has 4 heteroatoms. The van der Waals surface area contributed by atoms with Crippen LogP contribution in [0.25, 0.3) is 0 Å². The van der Waals surface area contributed by atoms with Crippen LogP contribution in [-0.4, -0.2) is 13.0 Å². The lowest BCUT2D eigenvalue weighted by atomic mass is 9.97. The molecule has 1 saturated carbocycles. The minimum atomic E-state index is -4.09. The minimum absolute atomic E-state index is 0.0967. The van der Waals surface area contributed by atoms with Crippen LogP contribution >= 0.6 is 0 Å². The van der Waals surface area contributed by atoms with E-state index in [9.17, 15) is 13.0 Å². The summed E-state index contributed by atoms with van der Waals surface area (Å²) < 4.78 is 31.9. The summed E-state index contributed by atoms with van der Waals surface area (Å²) in [6.07, 6.45) is 4.32. The highest BCUT2D eigenvalue weighted by Gasteiger charge is 2.24. The molecule has 1 N–H and O–H groups in total. The van der Waals surface area contributed by atoms with E-state index in [0.717, 1.165) is 36.8 Å². The van der Waals surface area contributed by atoms with Gasteiger partial charge < -0.3 is 0 Å². The zero-order valence-electron chi connectivity index (χ0n) is 9.31. The molecule has 0 saturated heterocycles. The summed E-state index contributed by atoms with van der Waals surface area (Å²) in [4.78, 5) is 0.0967. The van der Waals surface area contributed by atoms with Crippen molar-refractivity contribution in [3.8, 4) is 0 Å². The quantitative estimate of drug-likeness (QED) is 0.809. The summed E-state index contributed by atoms with van der Waals surface area (Å²) in [6, 6.07) is 5.31. The van der Waals surface area contributed by atoms with Gasteiger partial charge in [-0.1, -0.05) is 25.0 Å². The van der Waals surface area contributed by atoms with E-state index >= 15 is 0 Å². The van der Waals surface area contributed by atoms with Gasteiger partial charge >= 0.3 is 0 Å². The molecule has 0 amide bonds. The van der Waals surface area contributed by atoms with Crippen LogP contribution in [-0.2, 0) is 10.1 Å². The van der Waals surface area contributed by atoms with Crippen LogP contribution < -0.4 is 0 Å². The molecule has 0 aromatic heterocycles. The van der Waals surface area contributed by atoms with Crippen molar-refractivity contribution in [2.75, 3.05) is 0 Å². The van der Waals surface area contributed by atoms with Crippen molar-refractivity contribution < 1.29 is 13.0 Å². The van der Waals surface area contributed by atoms with Gasteiger partial charge in [0.1, 0.15) is 0 Å². The number of hydrogen-bond acceptors (Lipinski definition) is 2. The molecule has 0 aliphatic heterocycles. The predicted octanol–water partition coefficient (Wildman–Crippen LogP) is 2.90. The fourth-order valence-corrected chi connectivity index (χ4v) is 3.31. The van der Waals surface area contributed by atoms with Gasteiger partial charge in [-0.3, -0.25) is 4.55 Å². The van der Waals surface area contributed by atoms with Gasteiger partial charge in [-0.25, -0.2) is 0 Å². The van der Waals surface area contributed by atoms with E-state index in [4.69, 9.17) is 0 Å². The van der Waals surface area contributed by atoms with Crippen LogP contribution in [0.2, 0.25) is 0 Å². The van der Waals surface area contributed by atoms with E-state index < -0.39 is 10.1 Å². The summed E-state index contributed by atoms with van der Waals surface area (Å²) in [5.74, 6) is 0.289. The molecule has 0 unspecified atom stereocenters. The molecule has 1 aliphatic carbocycles. The van der Waals surface area contributed by atoms with Crippen molar-refractivity contribution in [1.29, 1.82) is 0 Å². The Morgan fingerprint density at radius 1 is 1.25 bits per heavy atom. The van der Waals surface area contributed by atoms with Crippen LogP contribution in [0.4, 0.5) is 0 Å². The van der Waals surface area contributed by atoms with Crippen molar-refractivity contribution >= 4 is 10.1 Å². The van der Waals surface area contributed by atoms with Crippen LogP contribution in [0, 0.1) is 6.92 Å². The van der Waals surface area contributed by atoms with Crippen molar-refractivity contribution in [2.45, 2.75) is 43.4 Å². The smallest absolute Gasteiger partial charge is 0.282 e. The van der Waals surface area contributed by atoms with E-state index in [0.29, 0.717) is 0 Å². The lowest BCUT2D eigenvalue weighted by molar-refractivity contribution is 0.480. The largest absolute Gasteiger partial charge is 0.294 e. The summed E-state index contributed by atoms with van der Waals surface area (Å²) in [5, 5.41) is 0. The second-order valence-electron chi connectivity index (χ2n) is 4.50. The van der Waals surface area contributed by atoms with Crippen LogP contribution in [0.15, 0.2) is 23.1 Å². The summed E-state index contributed by atoms with van der Waals surface area (Å²) in [5.41, 5.74) is 1.64. The van der Waals surface area contributed by atoms with Gasteiger partial charge in [-0.05, 0) is 42.9 Å². The Labute approximate surface area is 96.2 Å². The van der Waals surface area contributed by atoms with E-state index in [1.54, 1.807) is 6.07 Å². The summed E-state index contributed by atoms with van der Waals surface area (Å²) in [6.45, 7) is 1.83. The SMILES string of the molecule is Cc1ccc(C2CCCC2)c(S(=O)(=O)O)c1. The van der Waals surface area contributed by atoms with Gasteiger partial charge in [0.15, 0.2) is 0 Å². The third kappa shape index (κ3) is 2.28. The Balaban J connectivity index is 2.52. The van der Waals surface area contributed by atoms with Gasteiger partial charge in [0.25, 0.3) is 10.1 Å². The average molecular weight is 240 g/mol. The van der Waals surface area contributed by atoms with Gasteiger partial charge in [-0.2, -0.15) is 8.42 Å². The highest BCUT2D eigenvalue weighted by Crippen LogP contribution is 2.37. The number of aryl methyl sites for hydroxylation is 1. The Kier molecular flexibility index (Phi) is 3.04. The van der Waals surface area contributed by atoms with Crippen LogP contribution in [0.1, 0.15) is 42.7 Å². The Morgan fingerprint density at radius 3 is 2.44 bits per heavy atom. The van der Waals surface area contributed by atoms with Crippen molar-refractivity contribution in [3.63, 3.8) is 0 Å². The van der Waals surface area contributed by atoms with Gasteiger partial charge in [0.05, 0.1) is 4.90 Å². The fourth-order valence-electron chi connectivity index (χ4n) is 2.44. The zero-order valence-corrected chi connectivity index (χ0v) is 10.1. The first-order valence-electron chi connectivity index (χ1n) is 5.56. The molecule has 1 aromatic rings. The molecule has 0 heterocycles. The summed E-state index contributed by atoms with van der Waals surface area (Å²) in [7, 11) is -4.09. The molecule has 1 aliphatic rings. The fraction of sp³-hybridized carbons (Fsp3) is 0.500. The van der Waals surface area contributed by atoms with Crippen LogP contribution in [0.3, 0.4) is 0 Å². The monoisotopic (exact) mass is 240 g/mol. The Hall–Kier alpha value is -0.870. The zero-order chi connectivity index (χ0) is 11.8. The van der Waals surface area contributed by atoms with Crippen LogP contribution in [0.5, 0.6) is 0 Å². The normalized spacial score (nSPS) is 17.9. The molecule has 16 heavy (non-hydrogen) atoms. The van der Waals surface area contributed by atoms with Crippen molar-refractivity contribution in [3.05, 3.63) is 29.3 Å². The van der Waals surface area contributed by atoms with E-state index in [1.807, 2.05) is 19.1 Å². The maximum atomic E-state index is 11.3. The maximum absolute atomic E-state index is 11.3. The second kappa shape index (κ2) is 4.18. The molecule has 0 bridgehead atoms. The van der Waals surface area contributed by atoms with Gasteiger partial charge in [0.2, 0.25) is 0 Å². The number of benzene rings is 1. The van der Waals surface area contributed by atoms with Gasteiger partial charge in [-0.15, -0.1) is 0 Å². The third-order valence-corrected chi connectivity index (χ3v) is 4.15. The molecule has 0 atom stereocenters. The Bertz CT molecular complexity index is 485. The lowest BCUT2D eigenvalue weighted by Crippen LogP contribution is -2.06. The first-order valence-corrected chi connectivity index (χ1v) is 7.00. The number of hydrogen-bond donors (Lipinski definition) is 1.